The molecule has 0 aromatic rings. The van der Waals surface area contributed by atoms with Crippen molar-refractivity contribution < 1.29 is 0 Å². The molecule has 84 valence electrons. The predicted octanol–water partition coefficient (Wildman–Crippen LogP) is 4.03. The van der Waals surface area contributed by atoms with Crippen LogP contribution in [0.4, 0.5) is 0 Å². The van der Waals surface area contributed by atoms with Crippen LogP contribution in [0.5, 0.6) is 0 Å². The second kappa shape index (κ2) is 7.05. The van der Waals surface area contributed by atoms with E-state index in [-0.39, 0.29) is 5.54 Å². The summed E-state index contributed by atoms with van der Waals surface area (Å²) in [6.45, 7) is 8.73. The Hall–Kier alpha value is -0.300. The van der Waals surface area contributed by atoms with Crippen molar-refractivity contribution in [1.29, 1.82) is 0 Å². The zero-order valence-electron chi connectivity index (χ0n) is 10.4. The van der Waals surface area contributed by atoms with Crippen molar-refractivity contribution in [3.05, 3.63) is 11.6 Å². The molecule has 0 unspecified atom stereocenters. The second-order valence-electron chi connectivity index (χ2n) is 4.66. The van der Waals surface area contributed by atoms with E-state index in [4.69, 9.17) is 5.73 Å². The first-order chi connectivity index (χ1) is 6.54. The van der Waals surface area contributed by atoms with Gasteiger partial charge in [0.05, 0.1) is 0 Å². The quantitative estimate of drug-likeness (QED) is 0.613. The van der Waals surface area contributed by atoms with E-state index in [1.165, 1.54) is 31.3 Å². The lowest BCUT2D eigenvalue weighted by Crippen LogP contribution is -2.37. The molecule has 0 rings (SSSR count). The van der Waals surface area contributed by atoms with Gasteiger partial charge in [-0.25, -0.2) is 0 Å². The van der Waals surface area contributed by atoms with Gasteiger partial charge in [0.1, 0.15) is 0 Å². The Morgan fingerprint density at radius 1 is 1.07 bits per heavy atom. The maximum Gasteiger partial charge on any atom is 0.0341 e. The summed E-state index contributed by atoms with van der Waals surface area (Å²) >= 11 is 0. The summed E-state index contributed by atoms with van der Waals surface area (Å²) < 4.78 is 0. The number of hydrogen-bond acceptors (Lipinski definition) is 1. The fourth-order valence-corrected chi connectivity index (χ4v) is 1.86. The average molecular weight is 197 g/mol. The highest BCUT2D eigenvalue weighted by atomic mass is 14.7. The molecular formula is C13H27N. The molecule has 0 aromatic heterocycles. The van der Waals surface area contributed by atoms with Crippen LogP contribution in [0.3, 0.4) is 0 Å². The van der Waals surface area contributed by atoms with Gasteiger partial charge in [-0.1, -0.05) is 51.2 Å². The Balaban J connectivity index is 4.25. The molecule has 0 amide bonds. The highest BCUT2D eigenvalue weighted by molar-refractivity contribution is 5.09. The van der Waals surface area contributed by atoms with Gasteiger partial charge in [-0.15, -0.1) is 0 Å². The third kappa shape index (κ3) is 6.20. The van der Waals surface area contributed by atoms with E-state index >= 15 is 0 Å². The standard InChI is InChI=1S/C13H27N/c1-5-7-9-13(14,10-8-6-2)11-12(3)4/h11H,5-10,14H2,1-4H3. The van der Waals surface area contributed by atoms with Crippen LogP contribution in [0.15, 0.2) is 11.6 Å². The summed E-state index contributed by atoms with van der Waals surface area (Å²) in [5.41, 5.74) is 7.70. The minimum atomic E-state index is -0.0369. The highest BCUT2D eigenvalue weighted by Gasteiger charge is 2.20. The minimum Gasteiger partial charge on any atom is -0.322 e. The molecule has 1 heteroatoms. The van der Waals surface area contributed by atoms with Crippen molar-refractivity contribution in [2.75, 3.05) is 0 Å². The monoisotopic (exact) mass is 197 g/mol. The summed E-state index contributed by atoms with van der Waals surface area (Å²) in [4.78, 5) is 0. The van der Waals surface area contributed by atoms with Crippen molar-refractivity contribution in [2.45, 2.75) is 71.8 Å². The van der Waals surface area contributed by atoms with Crippen molar-refractivity contribution in [1.82, 2.24) is 0 Å². The molecule has 14 heavy (non-hydrogen) atoms. The molecule has 0 fully saturated rings. The van der Waals surface area contributed by atoms with Gasteiger partial charge in [0.2, 0.25) is 0 Å². The van der Waals surface area contributed by atoms with Gasteiger partial charge in [0.25, 0.3) is 0 Å². The molecule has 0 saturated heterocycles. The molecule has 0 aliphatic heterocycles. The maximum atomic E-state index is 6.39. The molecule has 0 heterocycles. The fourth-order valence-electron chi connectivity index (χ4n) is 1.86. The molecule has 1 nitrogen and oxygen atoms in total. The van der Waals surface area contributed by atoms with E-state index in [0.29, 0.717) is 0 Å². The summed E-state index contributed by atoms with van der Waals surface area (Å²) in [5, 5.41) is 0. The van der Waals surface area contributed by atoms with Crippen molar-refractivity contribution >= 4 is 0 Å². The van der Waals surface area contributed by atoms with Gasteiger partial charge in [0.15, 0.2) is 0 Å². The second-order valence-corrected chi connectivity index (χ2v) is 4.66. The molecule has 2 N–H and O–H groups in total. The maximum absolute atomic E-state index is 6.39. The molecule has 0 aromatic carbocycles. The summed E-state index contributed by atoms with van der Waals surface area (Å²) in [6, 6.07) is 0. The summed E-state index contributed by atoms with van der Waals surface area (Å²) in [6.07, 6.45) is 9.49. The summed E-state index contributed by atoms with van der Waals surface area (Å²) in [7, 11) is 0. The normalized spacial score (nSPS) is 11.5. The van der Waals surface area contributed by atoms with Gasteiger partial charge in [-0.05, 0) is 26.7 Å². The molecule has 0 bridgehead atoms. The minimum absolute atomic E-state index is 0.0369. The number of nitrogens with two attached hydrogens (primary N) is 1. The Bertz CT molecular complexity index is 158. The molecule has 0 aliphatic carbocycles. The van der Waals surface area contributed by atoms with Gasteiger partial charge in [-0.2, -0.15) is 0 Å². The van der Waals surface area contributed by atoms with Crippen LogP contribution in [0.25, 0.3) is 0 Å². The lowest BCUT2D eigenvalue weighted by atomic mass is 9.86. The van der Waals surface area contributed by atoms with E-state index < -0.39 is 0 Å². The predicted molar refractivity (Wildman–Crippen MR) is 65.4 cm³/mol. The Morgan fingerprint density at radius 2 is 1.50 bits per heavy atom. The van der Waals surface area contributed by atoms with Gasteiger partial charge < -0.3 is 5.73 Å². The van der Waals surface area contributed by atoms with Crippen LogP contribution in [0.2, 0.25) is 0 Å². The first-order valence-electron chi connectivity index (χ1n) is 5.99. The van der Waals surface area contributed by atoms with E-state index in [1.807, 2.05) is 0 Å². The van der Waals surface area contributed by atoms with Gasteiger partial charge in [-0.3, -0.25) is 0 Å². The first-order valence-corrected chi connectivity index (χ1v) is 5.99. The van der Waals surface area contributed by atoms with Crippen molar-refractivity contribution in [3.8, 4) is 0 Å². The number of hydrogen-bond donors (Lipinski definition) is 1. The van der Waals surface area contributed by atoms with Crippen LogP contribution >= 0.6 is 0 Å². The number of allylic oxidation sites excluding steroid dienone is 1. The van der Waals surface area contributed by atoms with Crippen LogP contribution in [-0.4, -0.2) is 5.54 Å². The zero-order chi connectivity index (χ0) is 11.0. The summed E-state index contributed by atoms with van der Waals surface area (Å²) in [5.74, 6) is 0. The van der Waals surface area contributed by atoms with Gasteiger partial charge >= 0.3 is 0 Å². The molecule has 0 spiro atoms. The molecular weight excluding hydrogens is 170 g/mol. The lowest BCUT2D eigenvalue weighted by Gasteiger charge is -2.26. The van der Waals surface area contributed by atoms with E-state index in [2.05, 4.69) is 33.8 Å². The number of unbranched alkanes of at least 4 members (excludes halogenated alkanes) is 2. The van der Waals surface area contributed by atoms with Crippen molar-refractivity contribution in [3.63, 3.8) is 0 Å². The molecule has 0 atom stereocenters. The SMILES string of the molecule is CCCCC(N)(C=C(C)C)CCCC. The smallest absolute Gasteiger partial charge is 0.0341 e. The first kappa shape index (κ1) is 13.7. The van der Waals surface area contributed by atoms with Crippen molar-refractivity contribution in [2.24, 2.45) is 5.73 Å². The Kier molecular flexibility index (Phi) is 6.90. The molecule has 0 saturated carbocycles. The van der Waals surface area contributed by atoms with Crippen LogP contribution in [0, 0.1) is 0 Å². The Labute approximate surface area is 89.8 Å². The highest BCUT2D eigenvalue weighted by Crippen LogP contribution is 2.21. The van der Waals surface area contributed by atoms with Gasteiger partial charge in [0, 0.05) is 5.54 Å². The van der Waals surface area contributed by atoms with Crippen LogP contribution in [0.1, 0.15) is 66.2 Å². The van der Waals surface area contributed by atoms with Crippen LogP contribution in [-0.2, 0) is 0 Å². The zero-order valence-corrected chi connectivity index (χ0v) is 10.4. The number of rotatable bonds is 7. The fraction of sp³-hybridized carbons (Fsp3) is 0.846. The topological polar surface area (TPSA) is 26.0 Å². The molecule has 0 radical (unpaired) electrons. The third-order valence-corrected chi connectivity index (χ3v) is 2.57. The van der Waals surface area contributed by atoms with E-state index in [9.17, 15) is 0 Å². The Morgan fingerprint density at radius 3 is 1.79 bits per heavy atom. The average Bonchev–Trinajstić information content (AvgIpc) is 2.11. The third-order valence-electron chi connectivity index (χ3n) is 2.57. The lowest BCUT2D eigenvalue weighted by molar-refractivity contribution is 0.417. The van der Waals surface area contributed by atoms with E-state index in [1.54, 1.807) is 0 Å². The molecule has 0 aliphatic rings. The van der Waals surface area contributed by atoms with E-state index in [0.717, 1.165) is 12.8 Å². The van der Waals surface area contributed by atoms with Crippen LogP contribution < -0.4 is 5.73 Å². The largest absolute Gasteiger partial charge is 0.322 e.